The average Bonchev–Trinajstić information content (AvgIpc) is 2.22. The lowest BCUT2D eigenvalue weighted by molar-refractivity contribution is -0.129. The van der Waals surface area contributed by atoms with E-state index in [2.05, 4.69) is 23.5 Å². The van der Waals surface area contributed by atoms with Crippen LogP contribution in [-0.2, 0) is 4.79 Å². The molecule has 0 radical (unpaired) electrons. The van der Waals surface area contributed by atoms with E-state index in [1.807, 2.05) is 20.8 Å². The molecular formula is C13H20N2O. The Kier molecular flexibility index (Phi) is 3.93. The van der Waals surface area contributed by atoms with Gasteiger partial charge in [0.1, 0.15) is 6.04 Å². The van der Waals surface area contributed by atoms with Crippen LogP contribution in [0.1, 0.15) is 18.1 Å². The smallest absolute Gasteiger partial charge is 0.244 e. The summed E-state index contributed by atoms with van der Waals surface area (Å²) in [5.74, 6) is 0.0842. The van der Waals surface area contributed by atoms with Crippen LogP contribution in [0.5, 0.6) is 0 Å². The number of benzene rings is 1. The van der Waals surface area contributed by atoms with E-state index in [9.17, 15) is 4.79 Å². The van der Waals surface area contributed by atoms with Crippen LogP contribution < -0.4 is 5.32 Å². The predicted octanol–water partition coefficient (Wildman–Crippen LogP) is 2.19. The second-order valence-electron chi connectivity index (χ2n) is 4.42. The van der Waals surface area contributed by atoms with Crippen molar-refractivity contribution < 1.29 is 4.79 Å². The Balaban J connectivity index is 2.80. The van der Waals surface area contributed by atoms with Crippen LogP contribution in [0.3, 0.4) is 0 Å². The van der Waals surface area contributed by atoms with E-state index in [4.69, 9.17) is 0 Å². The van der Waals surface area contributed by atoms with Gasteiger partial charge in [0.05, 0.1) is 0 Å². The summed E-state index contributed by atoms with van der Waals surface area (Å²) in [4.78, 5) is 13.3. The maximum Gasteiger partial charge on any atom is 0.244 e. The summed E-state index contributed by atoms with van der Waals surface area (Å²) >= 11 is 0. The molecule has 0 saturated heterocycles. The van der Waals surface area contributed by atoms with Gasteiger partial charge in [-0.3, -0.25) is 4.79 Å². The van der Waals surface area contributed by atoms with Gasteiger partial charge in [-0.1, -0.05) is 12.1 Å². The van der Waals surface area contributed by atoms with Crippen LogP contribution in [0.2, 0.25) is 0 Å². The van der Waals surface area contributed by atoms with Gasteiger partial charge in [0.15, 0.2) is 0 Å². The number of carbonyl (C=O) groups excluding carboxylic acids is 1. The normalized spacial score (nSPS) is 12.1. The lowest BCUT2D eigenvalue weighted by Gasteiger charge is -2.20. The summed E-state index contributed by atoms with van der Waals surface area (Å²) in [5.41, 5.74) is 3.38. The molecule has 1 amide bonds. The first kappa shape index (κ1) is 12.6. The summed E-state index contributed by atoms with van der Waals surface area (Å²) in [7, 11) is 3.53. The number of aryl methyl sites for hydroxylation is 2. The Hall–Kier alpha value is -1.51. The van der Waals surface area contributed by atoms with Crippen molar-refractivity contribution in [2.24, 2.45) is 0 Å². The lowest BCUT2D eigenvalue weighted by Crippen LogP contribution is -2.36. The van der Waals surface area contributed by atoms with Gasteiger partial charge in [-0.05, 0) is 38.0 Å². The monoisotopic (exact) mass is 220 g/mol. The number of nitrogens with zero attached hydrogens (tertiary/aromatic N) is 1. The topological polar surface area (TPSA) is 32.3 Å². The molecule has 16 heavy (non-hydrogen) atoms. The third kappa shape index (κ3) is 2.99. The number of nitrogens with one attached hydrogen (secondary N) is 1. The van der Waals surface area contributed by atoms with Crippen molar-refractivity contribution in [3.8, 4) is 0 Å². The van der Waals surface area contributed by atoms with Gasteiger partial charge in [-0.15, -0.1) is 0 Å². The molecule has 0 spiro atoms. The van der Waals surface area contributed by atoms with Crippen molar-refractivity contribution in [1.29, 1.82) is 0 Å². The fourth-order valence-electron chi connectivity index (χ4n) is 1.57. The van der Waals surface area contributed by atoms with E-state index in [1.165, 1.54) is 5.56 Å². The molecular weight excluding hydrogens is 200 g/mol. The van der Waals surface area contributed by atoms with Crippen molar-refractivity contribution in [2.75, 3.05) is 19.4 Å². The molecule has 1 N–H and O–H groups in total. The third-order valence-corrected chi connectivity index (χ3v) is 2.58. The summed E-state index contributed by atoms with van der Waals surface area (Å²) < 4.78 is 0. The largest absolute Gasteiger partial charge is 0.374 e. The van der Waals surface area contributed by atoms with E-state index < -0.39 is 0 Å². The van der Waals surface area contributed by atoms with Gasteiger partial charge in [-0.25, -0.2) is 0 Å². The fourth-order valence-corrected chi connectivity index (χ4v) is 1.57. The van der Waals surface area contributed by atoms with Gasteiger partial charge in [0.25, 0.3) is 0 Å². The molecule has 88 valence electrons. The summed E-state index contributed by atoms with van der Waals surface area (Å²) in [6.45, 7) is 5.96. The van der Waals surface area contributed by atoms with Crippen LogP contribution in [-0.4, -0.2) is 30.9 Å². The van der Waals surface area contributed by atoms with E-state index >= 15 is 0 Å². The SMILES string of the molecule is Cc1ccc(C)c(NC(C)C(=O)N(C)C)c1. The third-order valence-electron chi connectivity index (χ3n) is 2.58. The molecule has 1 atom stereocenters. The molecule has 1 aromatic rings. The van der Waals surface area contributed by atoms with Gasteiger partial charge >= 0.3 is 0 Å². The first-order valence-electron chi connectivity index (χ1n) is 5.46. The number of likely N-dealkylation sites (N-methyl/N-ethyl adjacent to an activating group) is 1. The minimum Gasteiger partial charge on any atom is -0.374 e. The first-order valence-corrected chi connectivity index (χ1v) is 5.46. The van der Waals surface area contributed by atoms with Crippen molar-refractivity contribution >= 4 is 11.6 Å². The summed E-state index contributed by atoms with van der Waals surface area (Å²) in [6, 6.07) is 5.99. The maximum atomic E-state index is 11.7. The van der Waals surface area contributed by atoms with Crippen LogP contribution in [0.15, 0.2) is 18.2 Å². The van der Waals surface area contributed by atoms with Gasteiger partial charge in [0.2, 0.25) is 5.91 Å². The second-order valence-corrected chi connectivity index (χ2v) is 4.42. The van der Waals surface area contributed by atoms with Crippen LogP contribution in [0.25, 0.3) is 0 Å². The minimum absolute atomic E-state index is 0.0842. The number of hydrogen-bond donors (Lipinski definition) is 1. The highest BCUT2D eigenvalue weighted by Gasteiger charge is 2.14. The van der Waals surface area contributed by atoms with Gasteiger partial charge in [-0.2, -0.15) is 0 Å². The molecule has 0 aliphatic carbocycles. The van der Waals surface area contributed by atoms with Gasteiger partial charge < -0.3 is 10.2 Å². The maximum absolute atomic E-state index is 11.7. The van der Waals surface area contributed by atoms with E-state index in [-0.39, 0.29) is 11.9 Å². The number of carbonyl (C=O) groups is 1. The number of amides is 1. The van der Waals surface area contributed by atoms with E-state index in [1.54, 1.807) is 19.0 Å². The Bertz CT molecular complexity index is 386. The highest BCUT2D eigenvalue weighted by molar-refractivity contribution is 5.84. The molecule has 0 aliphatic rings. The van der Waals surface area contributed by atoms with Crippen molar-refractivity contribution in [3.05, 3.63) is 29.3 Å². The molecule has 1 rings (SSSR count). The van der Waals surface area contributed by atoms with Crippen LogP contribution in [0, 0.1) is 13.8 Å². The Labute approximate surface area is 97.5 Å². The Morgan fingerprint density at radius 1 is 1.31 bits per heavy atom. The summed E-state index contributed by atoms with van der Waals surface area (Å²) in [5, 5.41) is 3.24. The first-order chi connectivity index (χ1) is 7.41. The Morgan fingerprint density at radius 2 is 1.94 bits per heavy atom. The average molecular weight is 220 g/mol. The van der Waals surface area contributed by atoms with Crippen molar-refractivity contribution in [2.45, 2.75) is 26.8 Å². The van der Waals surface area contributed by atoms with Crippen LogP contribution in [0.4, 0.5) is 5.69 Å². The fraction of sp³-hybridized carbons (Fsp3) is 0.462. The van der Waals surface area contributed by atoms with E-state index in [0.717, 1.165) is 11.3 Å². The number of anilines is 1. The van der Waals surface area contributed by atoms with Crippen molar-refractivity contribution in [1.82, 2.24) is 4.90 Å². The molecule has 0 bridgehead atoms. The van der Waals surface area contributed by atoms with Gasteiger partial charge in [0, 0.05) is 19.8 Å². The zero-order chi connectivity index (χ0) is 12.3. The van der Waals surface area contributed by atoms with Crippen molar-refractivity contribution in [3.63, 3.8) is 0 Å². The second kappa shape index (κ2) is 5.01. The zero-order valence-corrected chi connectivity index (χ0v) is 10.7. The molecule has 1 aromatic carbocycles. The summed E-state index contributed by atoms with van der Waals surface area (Å²) in [6.07, 6.45) is 0. The molecule has 1 unspecified atom stereocenters. The molecule has 0 heterocycles. The van der Waals surface area contributed by atoms with Crippen LogP contribution >= 0.6 is 0 Å². The molecule has 3 nitrogen and oxygen atoms in total. The number of rotatable bonds is 3. The Morgan fingerprint density at radius 3 is 2.50 bits per heavy atom. The minimum atomic E-state index is -0.199. The lowest BCUT2D eigenvalue weighted by atomic mass is 10.1. The highest BCUT2D eigenvalue weighted by Crippen LogP contribution is 2.17. The standard InChI is InChI=1S/C13H20N2O/c1-9-6-7-10(2)12(8-9)14-11(3)13(16)15(4)5/h6-8,11,14H,1-5H3. The molecule has 0 aliphatic heterocycles. The quantitative estimate of drug-likeness (QED) is 0.847. The van der Waals surface area contributed by atoms with E-state index in [0.29, 0.717) is 0 Å². The predicted molar refractivity (Wildman–Crippen MR) is 67.7 cm³/mol. The molecule has 0 fully saturated rings. The molecule has 0 saturated carbocycles. The molecule has 3 heteroatoms. The zero-order valence-electron chi connectivity index (χ0n) is 10.7. The number of hydrogen-bond acceptors (Lipinski definition) is 2. The highest BCUT2D eigenvalue weighted by atomic mass is 16.2. The molecule has 0 aromatic heterocycles.